The quantitative estimate of drug-likeness (QED) is 0.699. The predicted molar refractivity (Wildman–Crippen MR) is 113 cm³/mol. The zero-order chi connectivity index (χ0) is 19.8. The Kier molecular flexibility index (Phi) is 7.23. The number of nitrogens with zero attached hydrogens (tertiary/aromatic N) is 2. The smallest absolute Gasteiger partial charge is 0.233 e. The molecule has 6 heteroatoms. The Bertz CT molecular complexity index is 751. The Hall–Kier alpha value is -3.02. The van der Waals surface area contributed by atoms with Gasteiger partial charge in [-0.05, 0) is 62.4 Å². The fourth-order valence-corrected chi connectivity index (χ4v) is 2.74. The van der Waals surface area contributed by atoms with Crippen LogP contribution >= 0.6 is 0 Å². The molecule has 0 spiro atoms. The second-order valence-electron chi connectivity index (χ2n) is 6.43. The normalized spacial score (nSPS) is 10.2. The van der Waals surface area contributed by atoms with Crippen LogP contribution in [0.5, 0.6) is 0 Å². The first kappa shape index (κ1) is 20.3. The summed E-state index contributed by atoms with van der Waals surface area (Å²) in [5.41, 5.74) is 3.50. The molecule has 2 N–H and O–H groups in total. The zero-order valence-electron chi connectivity index (χ0n) is 16.5. The topological polar surface area (TPSA) is 64.7 Å². The van der Waals surface area contributed by atoms with Crippen molar-refractivity contribution in [1.82, 2.24) is 0 Å². The monoisotopic (exact) mass is 368 g/mol. The van der Waals surface area contributed by atoms with Crippen LogP contribution in [0.4, 0.5) is 22.7 Å². The molecule has 0 aliphatic heterocycles. The van der Waals surface area contributed by atoms with Gasteiger partial charge in [-0.1, -0.05) is 0 Å². The lowest BCUT2D eigenvalue weighted by Gasteiger charge is -2.21. The van der Waals surface area contributed by atoms with E-state index >= 15 is 0 Å². The van der Waals surface area contributed by atoms with Gasteiger partial charge in [-0.15, -0.1) is 0 Å². The maximum Gasteiger partial charge on any atom is 0.233 e. The zero-order valence-corrected chi connectivity index (χ0v) is 16.5. The fourth-order valence-electron chi connectivity index (χ4n) is 2.74. The maximum atomic E-state index is 12.1. The van der Waals surface area contributed by atoms with E-state index in [2.05, 4.69) is 29.4 Å². The Morgan fingerprint density at radius 2 is 1.15 bits per heavy atom. The average Bonchev–Trinajstić information content (AvgIpc) is 2.64. The van der Waals surface area contributed by atoms with Crippen LogP contribution in [-0.2, 0) is 9.59 Å². The van der Waals surface area contributed by atoms with E-state index < -0.39 is 0 Å². The molecule has 0 radical (unpaired) electrons. The van der Waals surface area contributed by atoms with Crippen molar-refractivity contribution in [2.45, 2.75) is 20.3 Å². The largest absolute Gasteiger partial charge is 0.378 e. The highest BCUT2D eigenvalue weighted by Crippen LogP contribution is 2.18. The van der Waals surface area contributed by atoms with E-state index in [4.69, 9.17) is 0 Å². The van der Waals surface area contributed by atoms with E-state index in [1.165, 1.54) is 0 Å². The van der Waals surface area contributed by atoms with Crippen molar-refractivity contribution in [1.29, 1.82) is 0 Å². The molecule has 0 atom stereocenters. The van der Waals surface area contributed by atoms with Gasteiger partial charge >= 0.3 is 0 Å². The average molecular weight is 368 g/mol. The third-order valence-corrected chi connectivity index (χ3v) is 4.27. The van der Waals surface area contributed by atoms with Gasteiger partial charge in [0.2, 0.25) is 11.8 Å². The molecule has 2 aromatic rings. The molecule has 2 amide bonds. The van der Waals surface area contributed by atoms with Crippen LogP contribution in [0.3, 0.4) is 0 Å². The number of rotatable bonds is 8. The van der Waals surface area contributed by atoms with Gasteiger partial charge in [-0.3, -0.25) is 9.59 Å². The molecule has 27 heavy (non-hydrogen) atoms. The molecular weight excluding hydrogens is 340 g/mol. The van der Waals surface area contributed by atoms with Crippen LogP contribution in [0.1, 0.15) is 20.3 Å². The van der Waals surface area contributed by atoms with E-state index in [1.807, 2.05) is 67.5 Å². The van der Waals surface area contributed by atoms with Crippen LogP contribution in [0.15, 0.2) is 48.5 Å². The molecule has 0 aliphatic carbocycles. The summed E-state index contributed by atoms with van der Waals surface area (Å²) in [5, 5.41) is 5.50. The number of nitrogens with one attached hydrogen (secondary N) is 2. The van der Waals surface area contributed by atoms with Gasteiger partial charge in [0.15, 0.2) is 0 Å². The summed E-state index contributed by atoms with van der Waals surface area (Å²) in [6.07, 6.45) is -0.229. The highest BCUT2D eigenvalue weighted by atomic mass is 16.2. The molecule has 0 heterocycles. The molecule has 2 aromatic carbocycles. The summed E-state index contributed by atoms with van der Waals surface area (Å²) in [4.78, 5) is 28.4. The summed E-state index contributed by atoms with van der Waals surface area (Å²) in [7, 11) is 3.90. The summed E-state index contributed by atoms with van der Waals surface area (Å²) >= 11 is 0. The van der Waals surface area contributed by atoms with E-state index in [-0.39, 0.29) is 18.2 Å². The summed E-state index contributed by atoms with van der Waals surface area (Å²) in [6.45, 7) is 6.06. The van der Waals surface area contributed by atoms with Gasteiger partial charge in [-0.2, -0.15) is 0 Å². The number of carbonyl (C=O) groups is 2. The summed E-state index contributed by atoms with van der Waals surface area (Å²) in [6, 6.07) is 15.1. The molecule has 0 fully saturated rings. The van der Waals surface area contributed by atoms with Gasteiger partial charge in [-0.25, -0.2) is 0 Å². The second-order valence-corrected chi connectivity index (χ2v) is 6.43. The molecule has 0 aliphatic rings. The van der Waals surface area contributed by atoms with Crippen LogP contribution in [0.25, 0.3) is 0 Å². The van der Waals surface area contributed by atoms with Crippen LogP contribution in [0, 0.1) is 0 Å². The SMILES string of the molecule is CCN(CC)c1ccc(NC(=O)CC(=O)Nc2ccc(N(C)C)cc2)cc1. The minimum atomic E-state index is -0.343. The van der Waals surface area contributed by atoms with Crippen molar-refractivity contribution in [3.8, 4) is 0 Å². The van der Waals surface area contributed by atoms with Crippen molar-refractivity contribution in [2.75, 3.05) is 47.6 Å². The molecular formula is C21H28N4O2. The van der Waals surface area contributed by atoms with E-state index in [9.17, 15) is 9.59 Å². The molecule has 6 nitrogen and oxygen atoms in total. The summed E-state index contributed by atoms with van der Waals surface area (Å²) < 4.78 is 0. The molecule has 0 unspecified atom stereocenters. The third-order valence-electron chi connectivity index (χ3n) is 4.27. The standard InChI is InChI=1S/C21H28N4O2/c1-5-25(6-2)19-13-9-17(10-14-19)23-21(27)15-20(26)22-16-7-11-18(12-8-16)24(3)4/h7-14H,5-6,15H2,1-4H3,(H,22,26)(H,23,27). The number of amides is 2. The minimum Gasteiger partial charge on any atom is -0.378 e. The minimum absolute atomic E-state index is 0.229. The first-order valence-electron chi connectivity index (χ1n) is 9.15. The Labute approximate surface area is 161 Å². The first-order chi connectivity index (χ1) is 12.9. The van der Waals surface area contributed by atoms with Crippen LogP contribution in [-0.4, -0.2) is 39.0 Å². The second kappa shape index (κ2) is 9.62. The predicted octanol–water partition coefficient (Wildman–Crippen LogP) is 3.57. The van der Waals surface area contributed by atoms with Crippen molar-refractivity contribution in [2.24, 2.45) is 0 Å². The molecule has 0 saturated heterocycles. The number of anilines is 4. The number of hydrogen-bond acceptors (Lipinski definition) is 4. The lowest BCUT2D eigenvalue weighted by Crippen LogP contribution is -2.22. The van der Waals surface area contributed by atoms with Crippen molar-refractivity contribution in [3.05, 3.63) is 48.5 Å². The summed E-state index contributed by atoms with van der Waals surface area (Å²) in [5.74, 6) is -0.683. The highest BCUT2D eigenvalue weighted by Gasteiger charge is 2.11. The fraction of sp³-hybridized carbons (Fsp3) is 0.333. The number of hydrogen-bond donors (Lipinski definition) is 2. The van der Waals surface area contributed by atoms with Gasteiger partial charge < -0.3 is 20.4 Å². The molecule has 0 aromatic heterocycles. The van der Waals surface area contributed by atoms with E-state index in [0.29, 0.717) is 11.4 Å². The third kappa shape index (κ3) is 6.02. The lowest BCUT2D eigenvalue weighted by atomic mass is 10.2. The highest BCUT2D eigenvalue weighted by molar-refractivity contribution is 6.08. The van der Waals surface area contributed by atoms with Gasteiger partial charge in [0, 0.05) is 49.9 Å². The molecule has 2 rings (SSSR count). The van der Waals surface area contributed by atoms with Crippen molar-refractivity contribution < 1.29 is 9.59 Å². The van der Waals surface area contributed by atoms with Gasteiger partial charge in [0.05, 0.1) is 0 Å². The first-order valence-corrected chi connectivity index (χ1v) is 9.15. The van der Waals surface area contributed by atoms with Crippen LogP contribution in [0.2, 0.25) is 0 Å². The Balaban J connectivity index is 1.86. The van der Waals surface area contributed by atoms with Crippen molar-refractivity contribution in [3.63, 3.8) is 0 Å². The molecule has 0 bridgehead atoms. The molecule has 0 saturated carbocycles. The van der Waals surface area contributed by atoms with Crippen molar-refractivity contribution >= 4 is 34.6 Å². The number of carbonyl (C=O) groups excluding carboxylic acids is 2. The molecule has 144 valence electrons. The van der Waals surface area contributed by atoms with E-state index in [1.54, 1.807) is 0 Å². The van der Waals surface area contributed by atoms with E-state index in [0.717, 1.165) is 24.5 Å². The Morgan fingerprint density at radius 1 is 0.741 bits per heavy atom. The van der Waals surface area contributed by atoms with Crippen LogP contribution < -0.4 is 20.4 Å². The van der Waals surface area contributed by atoms with Gasteiger partial charge in [0.1, 0.15) is 6.42 Å². The number of benzene rings is 2. The van der Waals surface area contributed by atoms with Gasteiger partial charge in [0.25, 0.3) is 0 Å². The lowest BCUT2D eigenvalue weighted by molar-refractivity contribution is -0.123. The Morgan fingerprint density at radius 3 is 1.52 bits per heavy atom. The maximum absolute atomic E-state index is 12.1.